The molecule has 1 heterocycles. The number of nitrogens with zero attached hydrogens (tertiary/aromatic N) is 1. The van der Waals surface area contributed by atoms with Crippen LogP contribution in [0.1, 0.15) is 23.6 Å². The summed E-state index contributed by atoms with van der Waals surface area (Å²) in [5, 5.41) is 13.2. The number of anilines is 1. The Morgan fingerprint density at radius 1 is 1.24 bits per heavy atom. The van der Waals surface area contributed by atoms with Gasteiger partial charge in [0.05, 0.1) is 10.5 Å². The molecule has 0 saturated heterocycles. The topological polar surface area (TPSA) is 58.3 Å². The van der Waals surface area contributed by atoms with Crippen LogP contribution in [0.5, 0.6) is 5.75 Å². The molecule has 106 valence electrons. The molecule has 2 N–H and O–H groups in total. The van der Waals surface area contributed by atoms with Gasteiger partial charge in [-0.25, -0.2) is 0 Å². The lowest BCUT2D eigenvalue weighted by molar-refractivity contribution is 0.469. The number of nitrogens with one attached hydrogen (secondary N) is 1. The number of phenols is 1. The van der Waals surface area contributed by atoms with E-state index in [1.165, 1.54) is 0 Å². The van der Waals surface area contributed by atoms with Crippen molar-refractivity contribution in [2.45, 2.75) is 18.9 Å². The molecular formula is C16H13BrN2O2. The average molecular weight is 345 g/mol. The monoisotopic (exact) mass is 344 g/mol. The lowest BCUT2D eigenvalue weighted by atomic mass is 10.1. The van der Waals surface area contributed by atoms with Crippen LogP contribution in [0.4, 0.5) is 6.01 Å². The highest BCUT2D eigenvalue weighted by Crippen LogP contribution is 2.38. The van der Waals surface area contributed by atoms with E-state index in [9.17, 15) is 5.11 Å². The minimum Gasteiger partial charge on any atom is -0.508 e. The van der Waals surface area contributed by atoms with E-state index in [-0.39, 0.29) is 6.04 Å². The summed E-state index contributed by atoms with van der Waals surface area (Å²) in [6.45, 7) is 0. The fraction of sp³-hybridized carbons (Fsp3) is 0.188. The lowest BCUT2D eigenvalue weighted by Crippen LogP contribution is -2.07. The second-order valence-electron chi connectivity index (χ2n) is 5.19. The number of hydrogen-bond acceptors (Lipinski definition) is 4. The Labute approximate surface area is 129 Å². The Kier molecular flexibility index (Phi) is 2.89. The van der Waals surface area contributed by atoms with Gasteiger partial charge < -0.3 is 14.8 Å². The molecule has 0 saturated carbocycles. The van der Waals surface area contributed by atoms with Crippen LogP contribution in [0, 0.1) is 0 Å². The molecule has 2 aromatic carbocycles. The van der Waals surface area contributed by atoms with E-state index in [0.29, 0.717) is 11.8 Å². The van der Waals surface area contributed by atoms with Crippen molar-refractivity contribution in [3.63, 3.8) is 0 Å². The summed E-state index contributed by atoms with van der Waals surface area (Å²) in [6.07, 6.45) is 1.79. The van der Waals surface area contributed by atoms with Gasteiger partial charge in [-0.1, -0.05) is 18.2 Å². The number of aromatic nitrogens is 1. The summed E-state index contributed by atoms with van der Waals surface area (Å²) in [7, 11) is 0. The van der Waals surface area contributed by atoms with E-state index in [0.717, 1.165) is 39.5 Å². The van der Waals surface area contributed by atoms with Crippen LogP contribution in [-0.4, -0.2) is 10.1 Å². The highest BCUT2D eigenvalue weighted by atomic mass is 79.9. The minimum absolute atomic E-state index is 0.124. The zero-order valence-corrected chi connectivity index (χ0v) is 12.7. The number of para-hydroxylation sites is 1. The molecule has 0 radical (unpaired) electrons. The number of aromatic hydroxyl groups is 1. The summed E-state index contributed by atoms with van der Waals surface area (Å²) >= 11 is 3.46. The fourth-order valence-electron chi connectivity index (χ4n) is 2.91. The molecule has 0 aliphatic heterocycles. The van der Waals surface area contributed by atoms with Crippen molar-refractivity contribution in [2.24, 2.45) is 0 Å². The molecule has 5 heteroatoms. The van der Waals surface area contributed by atoms with Crippen molar-refractivity contribution < 1.29 is 9.52 Å². The zero-order valence-electron chi connectivity index (χ0n) is 11.1. The van der Waals surface area contributed by atoms with Gasteiger partial charge >= 0.3 is 0 Å². The van der Waals surface area contributed by atoms with E-state index in [4.69, 9.17) is 4.42 Å². The van der Waals surface area contributed by atoms with Crippen LogP contribution in [0.2, 0.25) is 0 Å². The van der Waals surface area contributed by atoms with Crippen molar-refractivity contribution in [1.29, 1.82) is 0 Å². The van der Waals surface area contributed by atoms with Crippen molar-refractivity contribution in [3.05, 3.63) is 52.0 Å². The Morgan fingerprint density at radius 2 is 2.10 bits per heavy atom. The third-order valence-electron chi connectivity index (χ3n) is 3.91. The first kappa shape index (κ1) is 12.7. The van der Waals surface area contributed by atoms with E-state index >= 15 is 0 Å². The van der Waals surface area contributed by atoms with Gasteiger partial charge in [0.25, 0.3) is 6.01 Å². The molecule has 0 bridgehead atoms. The van der Waals surface area contributed by atoms with E-state index in [1.54, 1.807) is 6.07 Å². The highest BCUT2D eigenvalue weighted by molar-refractivity contribution is 9.10. The Morgan fingerprint density at radius 3 is 2.95 bits per heavy atom. The highest BCUT2D eigenvalue weighted by Gasteiger charge is 2.25. The molecule has 3 aromatic rings. The van der Waals surface area contributed by atoms with Gasteiger partial charge in [0.15, 0.2) is 5.58 Å². The van der Waals surface area contributed by atoms with Crippen molar-refractivity contribution in [2.75, 3.05) is 5.32 Å². The van der Waals surface area contributed by atoms with Gasteiger partial charge in [-0.15, -0.1) is 0 Å². The number of benzene rings is 2. The van der Waals surface area contributed by atoms with Crippen molar-refractivity contribution >= 4 is 33.0 Å². The number of oxazole rings is 1. The van der Waals surface area contributed by atoms with Crippen LogP contribution < -0.4 is 5.32 Å². The van der Waals surface area contributed by atoms with Crippen LogP contribution in [-0.2, 0) is 6.42 Å². The molecule has 4 nitrogen and oxygen atoms in total. The van der Waals surface area contributed by atoms with Crippen LogP contribution >= 0.6 is 15.9 Å². The predicted octanol–water partition coefficient (Wildman–Crippen LogP) is 4.40. The number of phenolic OH excluding ortho intramolecular Hbond substituents is 1. The van der Waals surface area contributed by atoms with Gasteiger partial charge in [-0.05, 0) is 58.1 Å². The second kappa shape index (κ2) is 4.77. The average Bonchev–Trinajstić information content (AvgIpc) is 3.06. The summed E-state index contributed by atoms with van der Waals surface area (Å²) in [5.41, 5.74) is 3.71. The number of fused-ring (bicyclic) bond motifs is 2. The second-order valence-corrected chi connectivity index (χ2v) is 6.04. The quantitative estimate of drug-likeness (QED) is 0.723. The maximum Gasteiger partial charge on any atom is 0.296 e. The maximum absolute atomic E-state index is 9.89. The standard InChI is InChI=1S/C16H13BrN2O2/c17-11-4-2-5-13-15(11)21-16(19-13)18-12-8-7-10-9(12)3-1-6-14(10)20/h1-6,12,20H,7-8H2,(H,18,19). The first-order valence-electron chi connectivity index (χ1n) is 6.85. The Hall–Kier alpha value is -2.01. The third-order valence-corrected chi connectivity index (χ3v) is 4.54. The van der Waals surface area contributed by atoms with Crippen LogP contribution in [0.25, 0.3) is 11.1 Å². The summed E-state index contributed by atoms with van der Waals surface area (Å²) < 4.78 is 6.67. The van der Waals surface area contributed by atoms with Crippen molar-refractivity contribution in [3.8, 4) is 5.75 Å². The normalized spacial score (nSPS) is 17.1. The molecule has 1 aliphatic rings. The SMILES string of the molecule is Oc1cccc2c1CCC2Nc1nc2cccc(Br)c2o1. The minimum atomic E-state index is 0.124. The number of rotatable bonds is 2. The van der Waals surface area contributed by atoms with Crippen LogP contribution in [0.15, 0.2) is 45.3 Å². The Balaban J connectivity index is 1.68. The van der Waals surface area contributed by atoms with Crippen molar-refractivity contribution in [1.82, 2.24) is 4.98 Å². The largest absolute Gasteiger partial charge is 0.508 e. The zero-order chi connectivity index (χ0) is 14.4. The molecule has 0 amide bonds. The third kappa shape index (κ3) is 2.08. The molecular weight excluding hydrogens is 332 g/mol. The maximum atomic E-state index is 9.89. The molecule has 1 unspecified atom stereocenters. The summed E-state index contributed by atoms with van der Waals surface area (Å²) in [4.78, 5) is 4.46. The smallest absolute Gasteiger partial charge is 0.296 e. The van der Waals surface area contributed by atoms with E-state index < -0.39 is 0 Å². The molecule has 21 heavy (non-hydrogen) atoms. The van der Waals surface area contributed by atoms with Gasteiger partial charge in [0, 0.05) is 0 Å². The Bertz CT molecular complexity index is 828. The predicted molar refractivity (Wildman–Crippen MR) is 84.5 cm³/mol. The molecule has 4 rings (SSSR count). The first-order chi connectivity index (χ1) is 10.2. The van der Waals surface area contributed by atoms with E-state index in [1.807, 2.05) is 30.3 Å². The van der Waals surface area contributed by atoms with E-state index in [2.05, 4.69) is 26.2 Å². The molecule has 0 fully saturated rings. The van der Waals surface area contributed by atoms with Gasteiger partial charge in [0.1, 0.15) is 11.3 Å². The molecule has 1 atom stereocenters. The molecule has 1 aliphatic carbocycles. The van der Waals surface area contributed by atoms with Crippen LogP contribution in [0.3, 0.4) is 0 Å². The fourth-order valence-corrected chi connectivity index (χ4v) is 3.35. The molecule has 0 spiro atoms. The van der Waals surface area contributed by atoms with Gasteiger partial charge in [-0.2, -0.15) is 4.98 Å². The number of halogens is 1. The lowest BCUT2D eigenvalue weighted by Gasteiger charge is -2.12. The van der Waals surface area contributed by atoms with Gasteiger partial charge in [-0.3, -0.25) is 0 Å². The molecule has 1 aromatic heterocycles. The number of hydrogen-bond donors (Lipinski definition) is 2. The summed E-state index contributed by atoms with van der Waals surface area (Å²) in [6, 6.07) is 12.1. The first-order valence-corrected chi connectivity index (χ1v) is 7.64. The van der Waals surface area contributed by atoms with Gasteiger partial charge in [0.2, 0.25) is 0 Å². The summed E-state index contributed by atoms with van der Waals surface area (Å²) in [5.74, 6) is 0.372.